The molecule has 3 aliphatic heterocycles. The summed E-state index contributed by atoms with van der Waals surface area (Å²) < 4.78 is 29.3. The number of Topliss-reactive ketones (excluding diaryl/α,β-unsaturated/α-hetero) is 1. The normalized spacial score (nSPS) is 27.5. The second-order valence-electron chi connectivity index (χ2n) is 7.74. The summed E-state index contributed by atoms with van der Waals surface area (Å²) in [7, 11) is -3.70. The highest BCUT2D eigenvalue weighted by Crippen LogP contribution is 2.26. The summed E-state index contributed by atoms with van der Waals surface area (Å²) in [6.07, 6.45) is 2.74. The van der Waals surface area contributed by atoms with E-state index in [1.54, 1.807) is 9.80 Å². The van der Waals surface area contributed by atoms with Crippen molar-refractivity contribution in [3.05, 3.63) is 0 Å². The van der Waals surface area contributed by atoms with E-state index in [4.69, 9.17) is 0 Å². The summed E-state index contributed by atoms with van der Waals surface area (Å²) in [6, 6.07) is -0.647. The van der Waals surface area contributed by atoms with Gasteiger partial charge in [-0.1, -0.05) is 0 Å². The van der Waals surface area contributed by atoms with Crippen molar-refractivity contribution in [3.63, 3.8) is 0 Å². The van der Waals surface area contributed by atoms with Crippen molar-refractivity contribution in [1.29, 1.82) is 0 Å². The molecular formula is C17H28N4O5S. The van der Waals surface area contributed by atoms with Crippen LogP contribution in [0.15, 0.2) is 0 Å². The second-order valence-corrected chi connectivity index (χ2v) is 9.44. The molecule has 0 spiro atoms. The van der Waals surface area contributed by atoms with Crippen LogP contribution in [0.3, 0.4) is 0 Å². The fraction of sp³-hybridized carbons (Fsp3) is 0.824. The fourth-order valence-electron chi connectivity index (χ4n) is 4.15. The van der Waals surface area contributed by atoms with Crippen LogP contribution in [0.1, 0.15) is 39.5 Å². The summed E-state index contributed by atoms with van der Waals surface area (Å²) in [6.45, 7) is 4.78. The molecule has 2 atom stereocenters. The van der Waals surface area contributed by atoms with Crippen LogP contribution in [0.25, 0.3) is 0 Å². The van der Waals surface area contributed by atoms with Gasteiger partial charge in [-0.2, -0.15) is 17.4 Å². The Hall–Kier alpha value is -1.52. The third-order valence-electron chi connectivity index (χ3n) is 5.72. The zero-order valence-corrected chi connectivity index (χ0v) is 16.7. The lowest BCUT2D eigenvalue weighted by Gasteiger charge is -2.40. The van der Waals surface area contributed by atoms with Crippen molar-refractivity contribution in [3.8, 4) is 0 Å². The van der Waals surface area contributed by atoms with Crippen LogP contribution in [0, 0.1) is 5.92 Å². The highest BCUT2D eigenvalue weighted by Gasteiger charge is 2.40. The molecule has 0 aromatic carbocycles. The molecule has 1 N–H and O–H groups in total. The van der Waals surface area contributed by atoms with Gasteiger partial charge in [0.05, 0.1) is 18.0 Å². The van der Waals surface area contributed by atoms with Gasteiger partial charge in [-0.3, -0.25) is 14.4 Å². The zero-order valence-electron chi connectivity index (χ0n) is 15.9. The highest BCUT2D eigenvalue weighted by molar-refractivity contribution is 7.87. The number of piperidine rings is 1. The maximum atomic E-state index is 12.9. The third-order valence-corrected chi connectivity index (χ3v) is 7.36. The first-order valence-electron chi connectivity index (χ1n) is 9.53. The fourth-order valence-corrected chi connectivity index (χ4v) is 5.61. The quantitative estimate of drug-likeness (QED) is 0.660. The van der Waals surface area contributed by atoms with Crippen LogP contribution < -0.4 is 4.72 Å². The summed E-state index contributed by atoms with van der Waals surface area (Å²) >= 11 is 0. The summed E-state index contributed by atoms with van der Waals surface area (Å²) in [5.41, 5.74) is 0. The molecule has 3 fully saturated rings. The molecule has 0 saturated carbocycles. The van der Waals surface area contributed by atoms with Gasteiger partial charge in [0.25, 0.3) is 10.2 Å². The maximum absolute atomic E-state index is 12.9. The Balaban J connectivity index is 1.59. The number of rotatable bonds is 5. The SMILES string of the molecule is CC(=O)[C@H]1CCCN1C(=O)[C@H]1CCCN(S(=O)(=O)NC2CN(C(C)=O)C2)C1. The van der Waals surface area contributed by atoms with E-state index in [2.05, 4.69) is 4.72 Å². The summed E-state index contributed by atoms with van der Waals surface area (Å²) in [4.78, 5) is 39.1. The van der Waals surface area contributed by atoms with Gasteiger partial charge in [-0.25, -0.2) is 0 Å². The van der Waals surface area contributed by atoms with Gasteiger partial charge in [-0.05, 0) is 32.6 Å². The Morgan fingerprint density at radius 3 is 2.26 bits per heavy atom. The van der Waals surface area contributed by atoms with E-state index in [0.717, 1.165) is 6.42 Å². The average Bonchev–Trinajstić information content (AvgIpc) is 3.07. The first-order chi connectivity index (χ1) is 12.7. The monoisotopic (exact) mass is 400 g/mol. The van der Waals surface area contributed by atoms with Gasteiger partial charge in [0.1, 0.15) is 0 Å². The number of nitrogens with zero attached hydrogens (tertiary/aromatic N) is 3. The predicted octanol–water partition coefficient (Wildman–Crippen LogP) is -0.656. The molecule has 10 heteroatoms. The molecule has 2 amide bonds. The Morgan fingerprint density at radius 2 is 1.63 bits per heavy atom. The van der Waals surface area contributed by atoms with Crippen molar-refractivity contribution in [1.82, 2.24) is 18.8 Å². The first kappa shape index (κ1) is 20.2. The lowest BCUT2D eigenvalue weighted by molar-refractivity contribution is -0.141. The highest BCUT2D eigenvalue weighted by atomic mass is 32.2. The van der Waals surface area contributed by atoms with E-state index < -0.39 is 16.1 Å². The molecule has 3 rings (SSSR count). The smallest absolute Gasteiger partial charge is 0.279 e. The van der Waals surface area contributed by atoms with E-state index >= 15 is 0 Å². The minimum absolute atomic E-state index is 0.0113. The van der Waals surface area contributed by atoms with E-state index in [9.17, 15) is 22.8 Å². The topological polar surface area (TPSA) is 107 Å². The number of likely N-dealkylation sites (tertiary alicyclic amines) is 2. The zero-order chi connectivity index (χ0) is 19.8. The predicted molar refractivity (Wildman–Crippen MR) is 97.8 cm³/mol. The molecule has 0 bridgehead atoms. The minimum atomic E-state index is -3.70. The number of hydrogen-bond donors (Lipinski definition) is 1. The van der Waals surface area contributed by atoms with Crippen molar-refractivity contribution in [2.45, 2.75) is 51.6 Å². The lowest BCUT2D eigenvalue weighted by Crippen LogP contribution is -2.63. The van der Waals surface area contributed by atoms with Gasteiger partial charge >= 0.3 is 0 Å². The Bertz CT molecular complexity index is 719. The molecule has 152 valence electrons. The molecule has 0 aromatic heterocycles. The van der Waals surface area contributed by atoms with Crippen LogP contribution in [-0.4, -0.2) is 84.9 Å². The molecule has 0 radical (unpaired) electrons. The number of carbonyl (C=O) groups excluding carboxylic acids is 3. The number of amides is 2. The van der Waals surface area contributed by atoms with Gasteiger partial charge in [0, 0.05) is 39.6 Å². The standard InChI is InChI=1S/C17H28N4O5S/c1-12(22)16-6-4-8-21(16)17(24)14-5-3-7-20(9-14)27(25,26)18-15-10-19(11-15)13(2)23/h14-16,18H,3-11H2,1-2H3/t14-,16+/m0/s1. The van der Waals surface area contributed by atoms with E-state index in [1.807, 2.05) is 0 Å². The lowest BCUT2D eigenvalue weighted by atomic mass is 9.97. The largest absolute Gasteiger partial charge is 0.340 e. The Morgan fingerprint density at radius 1 is 0.963 bits per heavy atom. The van der Waals surface area contributed by atoms with Gasteiger partial charge < -0.3 is 9.80 Å². The Labute approximate surface area is 160 Å². The molecule has 3 aliphatic rings. The molecule has 9 nitrogen and oxygen atoms in total. The number of ketones is 1. The van der Waals surface area contributed by atoms with Crippen molar-refractivity contribution < 1.29 is 22.8 Å². The molecule has 3 saturated heterocycles. The average molecular weight is 401 g/mol. The molecule has 0 aliphatic carbocycles. The number of carbonyl (C=O) groups is 3. The summed E-state index contributed by atoms with van der Waals surface area (Å²) in [5.74, 6) is -0.605. The van der Waals surface area contributed by atoms with Crippen molar-refractivity contribution >= 4 is 27.8 Å². The summed E-state index contributed by atoms with van der Waals surface area (Å²) in [5, 5.41) is 0. The van der Waals surface area contributed by atoms with Gasteiger partial charge in [0.2, 0.25) is 11.8 Å². The van der Waals surface area contributed by atoms with E-state index in [-0.39, 0.29) is 36.2 Å². The Kier molecular flexibility index (Phi) is 5.87. The van der Waals surface area contributed by atoms with Crippen LogP contribution in [0.5, 0.6) is 0 Å². The molecular weight excluding hydrogens is 372 g/mol. The van der Waals surface area contributed by atoms with Crippen molar-refractivity contribution in [2.75, 3.05) is 32.7 Å². The minimum Gasteiger partial charge on any atom is -0.340 e. The molecule has 0 aromatic rings. The first-order valence-corrected chi connectivity index (χ1v) is 11.0. The van der Waals surface area contributed by atoms with Crippen LogP contribution in [0.2, 0.25) is 0 Å². The van der Waals surface area contributed by atoms with Crippen LogP contribution >= 0.6 is 0 Å². The molecule has 3 heterocycles. The van der Waals surface area contributed by atoms with Gasteiger partial charge in [-0.15, -0.1) is 0 Å². The van der Waals surface area contributed by atoms with Crippen LogP contribution in [0.4, 0.5) is 0 Å². The second kappa shape index (κ2) is 7.84. The molecule has 0 unspecified atom stereocenters. The van der Waals surface area contributed by atoms with Crippen LogP contribution in [-0.2, 0) is 24.6 Å². The van der Waals surface area contributed by atoms with Gasteiger partial charge in [0.15, 0.2) is 5.78 Å². The van der Waals surface area contributed by atoms with Crippen molar-refractivity contribution in [2.24, 2.45) is 5.92 Å². The van der Waals surface area contributed by atoms with E-state index in [1.165, 1.54) is 18.2 Å². The third kappa shape index (κ3) is 4.33. The number of hydrogen-bond acceptors (Lipinski definition) is 5. The van der Waals surface area contributed by atoms with E-state index in [0.29, 0.717) is 45.4 Å². The number of nitrogens with one attached hydrogen (secondary N) is 1. The maximum Gasteiger partial charge on any atom is 0.279 e. The molecule has 27 heavy (non-hydrogen) atoms.